The van der Waals surface area contributed by atoms with Crippen LogP contribution in [-0.4, -0.2) is 33.9 Å². The van der Waals surface area contributed by atoms with Crippen molar-refractivity contribution in [3.8, 4) is 0 Å². The lowest BCUT2D eigenvalue weighted by molar-refractivity contribution is -0.159. The molecule has 1 rings (SSSR count). The smallest absolute Gasteiger partial charge is 0.338 e. The van der Waals surface area contributed by atoms with Crippen molar-refractivity contribution >= 4 is 17.6 Å². The molecule has 1 aromatic rings. The van der Waals surface area contributed by atoms with E-state index in [1.54, 1.807) is 19.9 Å². The minimum absolute atomic E-state index is 0.135. The van der Waals surface area contributed by atoms with Gasteiger partial charge in [-0.2, -0.15) is 0 Å². The van der Waals surface area contributed by atoms with Gasteiger partial charge in [-0.15, -0.1) is 0 Å². The number of aliphatic hydroxyl groups is 2. The second-order valence-electron chi connectivity index (χ2n) is 3.50. The Morgan fingerprint density at radius 2 is 2.24 bits per heavy atom. The molecule has 0 spiro atoms. The first kappa shape index (κ1) is 13.9. The van der Waals surface area contributed by atoms with E-state index in [-0.39, 0.29) is 12.3 Å². The summed E-state index contributed by atoms with van der Waals surface area (Å²) < 4.78 is 4.61. The first-order chi connectivity index (χ1) is 7.97. The van der Waals surface area contributed by atoms with Crippen molar-refractivity contribution < 1.29 is 19.7 Å². The van der Waals surface area contributed by atoms with E-state index in [2.05, 4.69) is 9.72 Å². The molecule has 0 radical (unpaired) electrons. The van der Waals surface area contributed by atoms with Gasteiger partial charge in [-0.1, -0.05) is 11.6 Å². The molecule has 0 amide bonds. The van der Waals surface area contributed by atoms with Crippen LogP contribution in [0.3, 0.4) is 0 Å². The SMILES string of the molecule is CCOC(=O)C(O)C(O)c1ncc(Cl)cc1C. The molecule has 1 aromatic heterocycles. The van der Waals surface area contributed by atoms with E-state index in [1.165, 1.54) is 6.20 Å². The van der Waals surface area contributed by atoms with Crippen molar-refractivity contribution in [3.05, 3.63) is 28.5 Å². The van der Waals surface area contributed by atoms with Crippen molar-refractivity contribution in [2.45, 2.75) is 26.1 Å². The van der Waals surface area contributed by atoms with Gasteiger partial charge in [0.2, 0.25) is 0 Å². The van der Waals surface area contributed by atoms with E-state index in [1.807, 2.05) is 0 Å². The van der Waals surface area contributed by atoms with Crippen LogP contribution < -0.4 is 0 Å². The quantitative estimate of drug-likeness (QED) is 0.789. The fourth-order valence-electron chi connectivity index (χ4n) is 1.37. The Bertz CT molecular complexity index is 410. The van der Waals surface area contributed by atoms with Crippen LogP contribution in [0.4, 0.5) is 0 Å². The number of aryl methyl sites for hydroxylation is 1. The molecule has 0 saturated heterocycles. The average Bonchev–Trinajstić information content (AvgIpc) is 2.27. The van der Waals surface area contributed by atoms with Crippen LogP contribution in [0.25, 0.3) is 0 Å². The number of halogens is 1. The second-order valence-corrected chi connectivity index (χ2v) is 3.93. The third-order valence-corrected chi connectivity index (χ3v) is 2.40. The summed E-state index contributed by atoms with van der Waals surface area (Å²) in [4.78, 5) is 15.1. The van der Waals surface area contributed by atoms with E-state index >= 15 is 0 Å². The maximum absolute atomic E-state index is 11.2. The number of esters is 1. The average molecular weight is 260 g/mol. The van der Waals surface area contributed by atoms with Crippen molar-refractivity contribution in [2.75, 3.05) is 6.61 Å². The zero-order valence-corrected chi connectivity index (χ0v) is 10.3. The number of carbonyl (C=O) groups is 1. The molecule has 0 aromatic carbocycles. The van der Waals surface area contributed by atoms with Crippen LogP contribution in [-0.2, 0) is 9.53 Å². The van der Waals surface area contributed by atoms with Gasteiger partial charge in [-0.3, -0.25) is 4.98 Å². The Morgan fingerprint density at radius 1 is 1.59 bits per heavy atom. The standard InChI is InChI=1S/C11H14ClNO4/c1-3-17-11(16)10(15)9(14)8-6(2)4-7(12)5-13-8/h4-5,9-10,14-15H,3H2,1-2H3. The Labute approximate surface area is 104 Å². The number of aromatic nitrogens is 1. The number of pyridine rings is 1. The molecule has 17 heavy (non-hydrogen) atoms. The summed E-state index contributed by atoms with van der Waals surface area (Å²) in [7, 11) is 0. The summed E-state index contributed by atoms with van der Waals surface area (Å²) in [5.41, 5.74) is 0.795. The van der Waals surface area contributed by atoms with Crippen molar-refractivity contribution in [3.63, 3.8) is 0 Å². The van der Waals surface area contributed by atoms with Gasteiger partial charge in [-0.25, -0.2) is 4.79 Å². The number of carbonyl (C=O) groups excluding carboxylic acids is 1. The van der Waals surface area contributed by atoms with Crippen molar-refractivity contribution in [1.82, 2.24) is 4.98 Å². The van der Waals surface area contributed by atoms with Crippen LogP contribution in [0.15, 0.2) is 12.3 Å². The van der Waals surface area contributed by atoms with E-state index in [4.69, 9.17) is 11.6 Å². The first-order valence-corrected chi connectivity index (χ1v) is 5.50. The fraction of sp³-hybridized carbons (Fsp3) is 0.455. The Kier molecular flexibility index (Phi) is 4.86. The van der Waals surface area contributed by atoms with Gasteiger partial charge in [0.25, 0.3) is 0 Å². The highest BCUT2D eigenvalue weighted by molar-refractivity contribution is 6.30. The van der Waals surface area contributed by atoms with E-state index in [0.29, 0.717) is 10.6 Å². The molecule has 6 heteroatoms. The molecule has 2 unspecified atom stereocenters. The summed E-state index contributed by atoms with van der Waals surface area (Å²) in [5, 5.41) is 19.8. The van der Waals surface area contributed by atoms with Crippen molar-refractivity contribution in [2.24, 2.45) is 0 Å². The maximum atomic E-state index is 11.2. The topological polar surface area (TPSA) is 79.7 Å². The van der Waals surface area contributed by atoms with Gasteiger partial charge in [0, 0.05) is 6.20 Å². The van der Waals surface area contributed by atoms with Crippen molar-refractivity contribution in [1.29, 1.82) is 0 Å². The molecule has 0 aliphatic carbocycles. The predicted molar refractivity (Wildman–Crippen MR) is 61.6 cm³/mol. The van der Waals surface area contributed by atoms with Crippen LogP contribution >= 0.6 is 11.6 Å². The lowest BCUT2D eigenvalue weighted by Crippen LogP contribution is -2.30. The molecule has 1 heterocycles. The molecule has 0 saturated carbocycles. The Hall–Kier alpha value is -1.17. The third-order valence-electron chi connectivity index (χ3n) is 2.19. The molecule has 5 nitrogen and oxygen atoms in total. The Balaban J connectivity index is 2.88. The maximum Gasteiger partial charge on any atom is 0.338 e. The van der Waals surface area contributed by atoms with Gasteiger partial charge in [0.05, 0.1) is 17.3 Å². The van der Waals surface area contributed by atoms with E-state index in [0.717, 1.165) is 0 Å². The normalized spacial score (nSPS) is 14.2. The van der Waals surface area contributed by atoms with Crippen LogP contribution in [0.2, 0.25) is 5.02 Å². The highest BCUT2D eigenvalue weighted by atomic mass is 35.5. The zero-order valence-electron chi connectivity index (χ0n) is 9.55. The predicted octanol–water partition coefficient (Wildman–Crippen LogP) is 1.00. The monoisotopic (exact) mass is 259 g/mol. The van der Waals surface area contributed by atoms with Gasteiger partial charge in [0.15, 0.2) is 6.10 Å². The Morgan fingerprint density at radius 3 is 2.76 bits per heavy atom. The van der Waals surface area contributed by atoms with Gasteiger partial charge >= 0.3 is 5.97 Å². The van der Waals surface area contributed by atoms with Gasteiger partial charge < -0.3 is 14.9 Å². The summed E-state index contributed by atoms with van der Waals surface area (Å²) in [6.45, 7) is 3.42. The van der Waals surface area contributed by atoms with Gasteiger partial charge in [0.1, 0.15) is 6.10 Å². The molecule has 2 atom stereocenters. The number of rotatable bonds is 4. The molecule has 94 valence electrons. The lowest BCUT2D eigenvalue weighted by Gasteiger charge is -2.17. The minimum Gasteiger partial charge on any atom is -0.464 e. The third kappa shape index (κ3) is 3.39. The van der Waals surface area contributed by atoms with E-state index in [9.17, 15) is 15.0 Å². The summed E-state index contributed by atoms with van der Waals surface area (Å²) in [5.74, 6) is -0.879. The number of aliphatic hydroxyl groups excluding tert-OH is 2. The molecular formula is C11H14ClNO4. The second kappa shape index (κ2) is 5.95. The summed E-state index contributed by atoms with van der Waals surface area (Å²) in [6, 6.07) is 1.59. The van der Waals surface area contributed by atoms with Crippen LogP contribution in [0, 0.1) is 6.92 Å². The molecule has 0 aliphatic heterocycles. The minimum atomic E-state index is -1.65. The molecule has 0 bridgehead atoms. The number of hydrogen-bond acceptors (Lipinski definition) is 5. The fourth-order valence-corrected chi connectivity index (χ4v) is 1.58. The summed E-state index contributed by atoms with van der Waals surface area (Å²) in [6.07, 6.45) is -1.74. The van der Waals surface area contributed by atoms with Gasteiger partial charge in [-0.05, 0) is 25.5 Å². The number of hydrogen-bond donors (Lipinski definition) is 2. The van der Waals surface area contributed by atoms with Crippen LogP contribution in [0.5, 0.6) is 0 Å². The highest BCUT2D eigenvalue weighted by Gasteiger charge is 2.29. The van der Waals surface area contributed by atoms with Crippen LogP contribution in [0.1, 0.15) is 24.3 Å². The first-order valence-electron chi connectivity index (χ1n) is 5.12. The number of nitrogens with zero attached hydrogens (tertiary/aromatic N) is 1. The molecule has 2 N–H and O–H groups in total. The lowest BCUT2D eigenvalue weighted by atomic mass is 10.1. The highest BCUT2D eigenvalue weighted by Crippen LogP contribution is 2.21. The summed E-state index contributed by atoms with van der Waals surface area (Å²) >= 11 is 5.72. The van der Waals surface area contributed by atoms with E-state index < -0.39 is 18.2 Å². The zero-order chi connectivity index (χ0) is 13.0. The molecular weight excluding hydrogens is 246 g/mol. The largest absolute Gasteiger partial charge is 0.464 e. The number of ether oxygens (including phenoxy) is 1. The molecule has 0 fully saturated rings. The molecule has 0 aliphatic rings.